The number of hydrogen-bond donors (Lipinski definition) is 2. The zero-order chi connectivity index (χ0) is 21.1. The molecule has 2 rings (SSSR count). The summed E-state index contributed by atoms with van der Waals surface area (Å²) in [6, 6.07) is 13.8. The van der Waals surface area contributed by atoms with E-state index in [1.54, 1.807) is 30.3 Å². The Kier molecular flexibility index (Phi) is 11.7. The average molecular weight is 533 g/mol. The summed E-state index contributed by atoms with van der Waals surface area (Å²) in [5, 5.41) is 6.33. The highest BCUT2D eigenvalue weighted by atomic mass is 127. The molecule has 0 amide bonds. The molecule has 2 N–H and O–H groups in total. The van der Waals surface area contributed by atoms with E-state index in [0.29, 0.717) is 30.2 Å². The fraction of sp³-hybridized carbons (Fsp3) is 0.333. The van der Waals surface area contributed by atoms with Gasteiger partial charge in [0.05, 0.1) is 19.2 Å². The van der Waals surface area contributed by atoms with Crippen molar-refractivity contribution in [2.75, 3.05) is 20.2 Å². The predicted molar refractivity (Wildman–Crippen MR) is 123 cm³/mol. The van der Waals surface area contributed by atoms with Crippen LogP contribution in [0.15, 0.2) is 53.5 Å². The van der Waals surface area contributed by atoms with Gasteiger partial charge < -0.3 is 20.1 Å². The molecule has 2 aromatic carbocycles. The van der Waals surface area contributed by atoms with Crippen LogP contribution in [0.4, 0.5) is 8.78 Å². The van der Waals surface area contributed by atoms with Crippen molar-refractivity contribution < 1.29 is 23.0 Å². The van der Waals surface area contributed by atoms with E-state index >= 15 is 0 Å². The summed E-state index contributed by atoms with van der Waals surface area (Å²) in [7, 11) is 1.35. The molecule has 0 aromatic heterocycles. The summed E-state index contributed by atoms with van der Waals surface area (Å²) in [6.45, 7) is 0.535. The number of esters is 1. The predicted octanol–water partition coefficient (Wildman–Crippen LogP) is 3.99. The summed E-state index contributed by atoms with van der Waals surface area (Å²) in [4.78, 5) is 15.9. The number of carbonyl (C=O) groups is 1. The largest absolute Gasteiger partial charge is 0.465 e. The quantitative estimate of drug-likeness (QED) is 0.221. The molecule has 0 bridgehead atoms. The minimum Gasteiger partial charge on any atom is -0.465 e. The highest BCUT2D eigenvalue weighted by Crippen LogP contribution is 2.20. The summed E-state index contributed by atoms with van der Waals surface area (Å²) >= 11 is 0. The van der Waals surface area contributed by atoms with Crippen LogP contribution >= 0.6 is 24.0 Å². The third-order valence-electron chi connectivity index (χ3n) is 4.02. The molecule has 0 saturated carbocycles. The van der Waals surface area contributed by atoms with Crippen molar-refractivity contribution in [3.63, 3.8) is 0 Å². The molecule has 0 aliphatic heterocycles. The number of rotatable bonds is 9. The number of ether oxygens (including phenoxy) is 2. The number of guanidine groups is 1. The van der Waals surface area contributed by atoms with E-state index in [1.807, 2.05) is 19.1 Å². The van der Waals surface area contributed by atoms with E-state index in [9.17, 15) is 13.6 Å². The van der Waals surface area contributed by atoms with Crippen LogP contribution < -0.4 is 15.4 Å². The Balaban J connectivity index is 0.00000450. The number of halogens is 3. The van der Waals surface area contributed by atoms with Gasteiger partial charge in [0.1, 0.15) is 5.75 Å². The third kappa shape index (κ3) is 8.52. The van der Waals surface area contributed by atoms with Crippen molar-refractivity contribution in [2.45, 2.75) is 26.5 Å². The Bertz CT molecular complexity index is 817. The first kappa shape index (κ1) is 25.6. The Morgan fingerprint density at radius 2 is 1.80 bits per heavy atom. The van der Waals surface area contributed by atoms with Crippen molar-refractivity contribution in [3.8, 4) is 5.75 Å². The molecular formula is C21H26F2IN3O3. The van der Waals surface area contributed by atoms with Gasteiger partial charge in [-0.1, -0.05) is 30.3 Å². The molecule has 0 aliphatic rings. The Morgan fingerprint density at radius 1 is 1.10 bits per heavy atom. The van der Waals surface area contributed by atoms with Gasteiger partial charge in [0.25, 0.3) is 0 Å². The molecule has 0 spiro atoms. The lowest BCUT2D eigenvalue weighted by atomic mass is 10.1. The van der Waals surface area contributed by atoms with Crippen LogP contribution in [0.5, 0.6) is 5.75 Å². The van der Waals surface area contributed by atoms with Gasteiger partial charge in [-0.3, -0.25) is 0 Å². The lowest BCUT2D eigenvalue weighted by Crippen LogP contribution is -2.38. The molecule has 6 nitrogen and oxygen atoms in total. The summed E-state index contributed by atoms with van der Waals surface area (Å²) in [5.74, 6) is 0.325. The number of nitrogens with zero attached hydrogens (tertiary/aromatic N) is 1. The molecule has 0 heterocycles. The Hall–Kier alpha value is -2.43. The fourth-order valence-electron chi connectivity index (χ4n) is 2.60. The maximum Gasteiger partial charge on any atom is 0.387 e. The van der Waals surface area contributed by atoms with Crippen LogP contribution in [-0.4, -0.2) is 38.7 Å². The first-order valence-corrected chi connectivity index (χ1v) is 9.25. The molecular weight excluding hydrogens is 507 g/mol. The van der Waals surface area contributed by atoms with E-state index in [0.717, 1.165) is 12.0 Å². The van der Waals surface area contributed by atoms with Gasteiger partial charge in [-0.05, 0) is 37.1 Å². The number of alkyl halides is 2. The molecule has 164 valence electrons. The van der Waals surface area contributed by atoms with Crippen molar-refractivity contribution in [3.05, 3.63) is 65.2 Å². The minimum absolute atomic E-state index is 0. The van der Waals surface area contributed by atoms with Gasteiger partial charge >= 0.3 is 12.6 Å². The molecule has 0 atom stereocenters. The normalized spacial score (nSPS) is 10.9. The molecule has 0 unspecified atom stereocenters. The van der Waals surface area contributed by atoms with Gasteiger partial charge in [-0.2, -0.15) is 8.78 Å². The van der Waals surface area contributed by atoms with E-state index in [4.69, 9.17) is 0 Å². The van der Waals surface area contributed by atoms with Crippen LogP contribution in [0.1, 0.15) is 28.4 Å². The molecule has 0 saturated heterocycles. The smallest absolute Gasteiger partial charge is 0.387 e. The molecule has 0 fully saturated rings. The van der Waals surface area contributed by atoms with Crippen LogP contribution in [0, 0.1) is 0 Å². The number of benzene rings is 2. The number of nitrogens with one attached hydrogen (secondary N) is 2. The number of aliphatic imine (C=N–C) groups is 1. The Morgan fingerprint density at radius 3 is 2.43 bits per heavy atom. The first-order valence-electron chi connectivity index (χ1n) is 9.25. The lowest BCUT2D eigenvalue weighted by molar-refractivity contribution is -0.0504. The molecule has 30 heavy (non-hydrogen) atoms. The van der Waals surface area contributed by atoms with Crippen LogP contribution in [0.25, 0.3) is 0 Å². The maximum absolute atomic E-state index is 12.5. The van der Waals surface area contributed by atoms with Gasteiger partial charge in [0.15, 0.2) is 5.96 Å². The van der Waals surface area contributed by atoms with Crippen molar-refractivity contribution in [2.24, 2.45) is 4.99 Å². The highest BCUT2D eigenvalue weighted by Gasteiger charge is 2.09. The second kappa shape index (κ2) is 13.7. The van der Waals surface area contributed by atoms with Gasteiger partial charge in [-0.25, -0.2) is 9.79 Å². The van der Waals surface area contributed by atoms with Crippen molar-refractivity contribution in [1.82, 2.24) is 10.6 Å². The summed E-state index contributed by atoms with van der Waals surface area (Å²) in [6.07, 6.45) is 0.719. The zero-order valence-corrected chi connectivity index (χ0v) is 19.2. The fourth-order valence-corrected chi connectivity index (χ4v) is 2.60. The van der Waals surface area contributed by atoms with E-state index in [1.165, 1.54) is 13.2 Å². The standard InChI is InChI=1S/C21H25F2N3O3.HI/c1-3-24-21(26-14-17-6-4-5-7-18(17)29-20(22)23)25-13-12-15-8-10-16(11-9-15)19(27)28-2;/h4-11,20H,3,12-14H2,1-2H3,(H2,24,25,26);1H. The van der Waals surface area contributed by atoms with Crippen molar-refractivity contribution in [1.29, 1.82) is 0 Å². The number of para-hydroxylation sites is 1. The monoisotopic (exact) mass is 533 g/mol. The van der Waals surface area contributed by atoms with E-state index < -0.39 is 6.61 Å². The third-order valence-corrected chi connectivity index (χ3v) is 4.02. The van der Waals surface area contributed by atoms with Crippen LogP contribution in [-0.2, 0) is 17.7 Å². The van der Waals surface area contributed by atoms with Gasteiger partial charge in [0.2, 0.25) is 0 Å². The average Bonchev–Trinajstić information content (AvgIpc) is 2.72. The Labute approximate surface area is 192 Å². The van der Waals surface area contributed by atoms with Gasteiger partial charge in [-0.15, -0.1) is 24.0 Å². The van der Waals surface area contributed by atoms with Crippen molar-refractivity contribution >= 4 is 35.9 Å². The SMILES string of the molecule is CCNC(=NCc1ccccc1OC(F)F)NCCc1ccc(C(=O)OC)cc1.I. The summed E-state index contributed by atoms with van der Waals surface area (Å²) < 4.78 is 34.3. The topological polar surface area (TPSA) is 72.0 Å². The van der Waals surface area contributed by atoms with Crippen LogP contribution in [0.3, 0.4) is 0 Å². The highest BCUT2D eigenvalue weighted by molar-refractivity contribution is 14.0. The molecule has 2 aromatic rings. The first-order chi connectivity index (χ1) is 14.0. The molecule has 0 aliphatic carbocycles. The van der Waals surface area contributed by atoms with Gasteiger partial charge in [0, 0.05) is 18.7 Å². The van der Waals surface area contributed by atoms with E-state index in [2.05, 4.69) is 25.1 Å². The van der Waals surface area contributed by atoms with E-state index in [-0.39, 0.29) is 42.2 Å². The zero-order valence-electron chi connectivity index (χ0n) is 16.9. The maximum atomic E-state index is 12.5. The molecule has 0 radical (unpaired) electrons. The minimum atomic E-state index is -2.88. The number of methoxy groups -OCH3 is 1. The lowest BCUT2D eigenvalue weighted by Gasteiger charge is -2.13. The number of hydrogen-bond acceptors (Lipinski definition) is 4. The van der Waals surface area contributed by atoms with Crippen LogP contribution in [0.2, 0.25) is 0 Å². The second-order valence-corrected chi connectivity index (χ2v) is 6.05. The molecule has 9 heteroatoms. The second-order valence-electron chi connectivity index (χ2n) is 6.05. The summed E-state index contributed by atoms with van der Waals surface area (Å²) in [5.41, 5.74) is 2.13. The number of carbonyl (C=O) groups excluding carboxylic acids is 1.